The minimum Gasteiger partial charge on any atom is -0.363 e. The van der Waals surface area contributed by atoms with E-state index >= 15 is 0 Å². The molecule has 1 aromatic heterocycles. The first-order valence-electron chi connectivity index (χ1n) is 9.42. The van der Waals surface area contributed by atoms with Crippen LogP contribution in [0.2, 0.25) is 0 Å². The summed E-state index contributed by atoms with van der Waals surface area (Å²) in [6, 6.07) is 6.73. The maximum Gasteiger partial charge on any atom is 0.169 e. The van der Waals surface area contributed by atoms with Gasteiger partial charge in [0.2, 0.25) is 0 Å². The number of hydrogen-bond acceptors (Lipinski definition) is 2. The summed E-state index contributed by atoms with van der Waals surface area (Å²) >= 11 is 5.60. The Morgan fingerprint density at radius 1 is 1.27 bits per heavy atom. The first kappa shape index (κ1) is 20.4. The number of aryl methyl sites for hydroxylation is 1. The molecule has 1 heterocycles. The molecule has 142 valence electrons. The largest absolute Gasteiger partial charge is 0.363 e. The molecule has 0 amide bonds. The van der Waals surface area contributed by atoms with Crippen LogP contribution in [0.3, 0.4) is 0 Å². The quantitative estimate of drug-likeness (QED) is 0.466. The fraction of sp³-hybridized carbons (Fsp3) is 0.500. The van der Waals surface area contributed by atoms with Crippen LogP contribution in [-0.2, 0) is 13.1 Å². The summed E-state index contributed by atoms with van der Waals surface area (Å²) < 4.78 is 15.6. The molecule has 1 N–H and O–H groups in total. The highest BCUT2D eigenvalue weighted by atomic mass is 32.1. The van der Waals surface area contributed by atoms with Crippen LogP contribution in [0.1, 0.15) is 44.6 Å². The number of nitrogens with zero attached hydrogens (tertiary/aromatic N) is 3. The monoisotopic (exact) mass is 376 g/mol. The first-order valence-corrected chi connectivity index (χ1v) is 9.83. The molecule has 0 spiro atoms. The third-order valence-corrected chi connectivity index (χ3v) is 4.66. The van der Waals surface area contributed by atoms with Crippen LogP contribution in [0.4, 0.5) is 4.39 Å². The first-order chi connectivity index (χ1) is 12.7. The lowest BCUT2D eigenvalue weighted by Gasteiger charge is -2.26. The van der Waals surface area contributed by atoms with Gasteiger partial charge in [0.1, 0.15) is 5.82 Å². The summed E-state index contributed by atoms with van der Waals surface area (Å²) in [4.78, 5) is 6.19. The van der Waals surface area contributed by atoms with E-state index in [1.54, 1.807) is 18.3 Å². The fourth-order valence-corrected chi connectivity index (χ4v) is 3.09. The second-order valence-corrected chi connectivity index (χ2v) is 6.88. The summed E-state index contributed by atoms with van der Waals surface area (Å²) in [7, 11) is 0. The molecule has 0 saturated carbocycles. The van der Waals surface area contributed by atoms with Gasteiger partial charge in [-0.3, -0.25) is 0 Å². The number of hydrogen-bond donors (Lipinski definition) is 1. The smallest absolute Gasteiger partial charge is 0.169 e. The highest BCUT2D eigenvalue weighted by molar-refractivity contribution is 7.80. The Labute approximate surface area is 161 Å². The van der Waals surface area contributed by atoms with Crippen molar-refractivity contribution >= 4 is 17.3 Å². The van der Waals surface area contributed by atoms with Gasteiger partial charge in [0.05, 0.1) is 6.33 Å². The predicted octanol–water partition coefficient (Wildman–Crippen LogP) is 4.37. The zero-order valence-electron chi connectivity index (χ0n) is 15.5. The van der Waals surface area contributed by atoms with E-state index in [0.29, 0.717) is 6.54 Å². The standard InChI is InChI=1S/C20H29FN4S/c1-2-3-4-5-10-23-20(26)25(13-7-12-24-14-11-22-17-24)16-18-8-6-9-19(21)15-18/h6,8-9,11,14-15,17H,2-5,7,10,12-13,16H2,1H3,(H,23,26). The molecule has 1 aromatic carbocycles. The Morgan fingerprint density at radius 2 is 2.15 bits per heavy atom. The molecule has 4 nitrogen and oxygen atoms in total. The zero-order chi connectivity index (χ0) is 18.6. The van der Waals surface area contributed by atoms with E-state index in [0.717, 1.165) is 43.2 Å². The number of benzene rings is 1. The van der Waals surface area contributed by atoms with Gasteiger partial charge >= 0.3 is 0 Å². The molecule has 0 aliphatic rings. The van der Waals surface area contributed by atoms with Crippen LogP contribution in [-0.4, -0.2) is 32.7 Å². The number of unbranched alkanes of at least 4 members (excludes halogenated alkanes) is 3. The average Bonchev–Trinajstić information content (AvgIpc) is 3.14. The van der Waals surface area contributed by atoms with Crippen LogP contribution < -0.4 is 5.32 Å². The molecule has 0 aliphatic carbocycles. The van der Waals surface area contributed by atoms with Crippen molar-refractivity contribution in [2.45, 2.75) is 52.1 Å². The summed E-state index contributed by atoms with van der Waals surface area (Å²) in [5.41, 5.74) is 0.933. The average molecular weight is 377 g/mol. The SMILES string of the molecule is CCCCCCNC(=S)N(CCCn1ccnc1)Cc1cccc(F)c1. The minimum absolute atomic E-state index is 0.209. The maximum absolute atomic E-state index is 13.5. The molecule has 0 unspecified atom stereocenters. The number of aromatic nitrogens is 2. The number of nitrogens with one attached hydrogen (secondary N) is 1. The predicted molar refractivity (Wildman–Crippen MR) is 108 cm³/mol. The van der Waals surface area contributed by atoms with E-state index in [9.17, 15) is 4.39 Å². The zero-order valence-corrected chi connectivity index (χ0v) is 16.3. The molecule has 0 fully saturated rings. The van der Waals surface area contributed by atoms with Gasteiger partial charge in [0, 0.05) is 38.6 Å². The Hall–Kier alpha value is -1.95. The summed E-state index contributed by atoms with van der Waals surface area (Å²) in [5, 5.41) is 4.11. The van der Waals surface area contributed by atoms with Crippen LogP contribution in [0.5, 0.6) is 0 Å². The van der Waals surface area contributed by atoms with E-state index in [1.807, 2.05) is 18.6 Å². The Morgan fingerprint density at radius 3 is 2.88 bits per heavy atom. The van der Waals surface area contributed by atoms with Crippen LogP contribution >= 0.6 is 12.2 Å². The summed E-state index contributed by atoms with van der Waals surface area (Å²) in [6.07, 6.45) is 11.3. The number of rotatable bonds is 11. The minimum atomic E-state index is -0.209. The fourth-order valence-electron chi connectivity index (χ4n) is 2.83. The van der Waals surface area contributed by atoms with Crippen molar-refractivity contribution in [3.63, 3.8) is 0 Å². The Kier molecular flexibility index (Phi) is 9.10. The van der Waals surface area contributed by atoms with Crippen molar-refractivity contribution in [1.29, 1.82) is 0 Å². The van der Waals surface area contributed by atoms with Crippen molar-refractivity contribution in [3.05, 3.63) is 54.4 Å². The second kappa shape index (κ2) is 11.6. The topological polar surface area (TPSA) is 33.1 Å². The molecule has 6 heteroatoms. The van der Waals surface area contributed by atoms with E-state index in [2.05, 4.69) is 26.7 Å². The maximum atomic E-state index is 13.5. The molecule has 0 saturated heterocycles. The van der Waals surface area contributed by atoms with Crippen molar-refractivity contribution in [3.8, 4) is 0 Å². The molecular formula is C20H29FN4S. The highest BCUT2D eigenvalue weighted by Crippen LogP contribution is 2.09. The van der Waals surface area contributed by atoms with E-state index in [4.69, 9.17) is 12.2 Å². The molecule has 0 radical (unpaired) electrons. The summed E-state index contributed by atoms with van der Waals surface area (Å²) in [5.74, 6) is -0.209. The molecule has 26 heavy (non-hydrogen) atoms. The van der Waals surface area contributed by atoms with Crippen molar-refractivity contribution in [2.24, 2.45) is 0 Å². The van der Waals surface area contributed by atoms with E-state index in [1.165, 1.54) is 25.3 Å². The van der Waals surface area contributed by atoms with Crippen molar-refractivity contribution in [2.75, 3.05) is 13.1 Å². The van der Waals surface area contributed by atoms with Gasteiger partial charge in [-0.15, -0.1) is 0 Å². The van der Waals surface area contributed by atoms with Gasteiger partial charge in [0.25, 0.3) is 0 Å². The number of thiocarbonyl (C=S) groups is 1. The number of halogens is 1. The van der Waals surface area contributed by atoms with Crippen LogP contribution in [0.25, 0.3) is 0 Å². The lowest BCUT2D eigenvalue weighted by atomic mass is 10.2. The Balaban J connectivity index is 1.87. The van der Waals surface area contributed by atoms with Gasteiger partial charge in [-0.05, 0) is 42.8 Å². The van der Waals surface area contributed by atoms with E-state index < -0.39 is 0 Å². The third kappa shape index (κ3) is 7.52. The molecule has 0 bridgehead atoms. The van der Waals surface area contributed by atoms with Gasteiger partial charge < -0.3 is 14.8 Å². The molecule has 0 atom stereocenters. The van der Waals surface area contributed by atoms with Crippen molar-refractivity contribution < 1.29 is 4.39 Å². The van der Waals surface area contributed by atoms with Crippen molar-refractivity contribution in [1.82, 2.24) is 19.8 Å². The lowest BCUT2D eigenvalue weighted by molar-refractivity contribution is 0.383. The lowest BCUT2D eigenvalue weighted by Crippen LogP contribution is -2.40. The van der Waals surface area contributed by atoms with Crippen LogP contribution in [0.15, 0.2) is 43.0 Å². The highest BCUT2D eigenvalue weighted by Gasteiger charge is 2.10. The van der Waals surface area contributed by atoms with Crippen LogP contribution in [0, 0.1) is 5.82 Å². The third-order valence-electron chi connectivity index (χ3n) is 4.26. The molecule has 2 rings (SSSR count). The second-order valence-electron chi connectivity index (χ2n) is 6.50. The normalized spacial score (nSPS) is 10.7. The van der Waals surface area contributed by atoms with Gasteiger partial charge in [-0.1, -0.05) is 38.3 Å². The molecule has 0 aliphatic heterocycles. The Bertz CT molecular complexity index is 645. The van der Waals surface area contributed by atoms with E-state index in [-0.39, 0.29) is 5.82 Å². The molecular weight excluding hydrogens is 347 g/mol. The summed E-state index contributed by atoms with van der Waals surface area (Å²) in [6.45, 7) is 5.41. The van der Waals surface area contributed by atoms with Gasteiger partial charge in [0.15, 0.2) is 5.11 Å². The van der Waals surface area contributed by atoms with Gasteiger partial charge in [-0.25, -0.2) is 9.37 Å². The molecule has 2 aromatic rings. The number of imidazole rings is 1. The van der Waals surface area contributed by atoms with Gasteiger partial charge in [-0.2, -0.15) is 0 Å².